The number of aromatic hydroxyl groups is 1. The zero-order chi connectivity index (χ0) is 18.0. The average Bonchev–Trinajstić information content (AvgIpc) is 2.57. The molecule has 5 nitrogen and oxygen atoms in total. The lowest BCUT2D eigenvalue weighted by atomic mass is 10.1. The zero-order valence-electron chi connectivity index (χ0n) is 13.8. The summed E-state index contributed by atoms with van der Waals surface area (Å²) in [6, 6.07) is 14.9. The summed E-state index contributed by atoms with van der Waals surface area (Å²) >= 11 is 0. The molecule has 0 heterocycles. The van der Waals surface area contributed by atoms with Gasteiger partial charge in [-0.1, -0.05) is 12.1 Å². The van der Waals surface area contributed by atoms with Crippen LogP contribution in [0.2, 0.25) is 0 Å². The van der Waals surface area contributed by atoms with Crippen LogP contribution in [0.1, 0.15) is 22.8 Å². The molecule has 3 aromatic rings. The largest absolute Gasteiger partial charge is 0.508 e. The molecule has 0 radical (unpaired) electrons. The first-order valence-corrected chi connectivity index (χ1v) is 7.66. The van der Waals surface area contributed by atoms with Crippen molar-refractivity contribution < 1.29 is 24.2 Å². The Labute approximate surface area is 144 Å². The summed E-state index contributed by atoms with van der Waals surface area (Å²) in [6.07, 6.45) is 0. The lowest BCUT2D eigenvalue weighted by Gasteiger charge is -2.08. The van der Waals surface area contributed by atoms with Crippen molar-refractivity contribution in [1.82, 2.24) is 0 Å². The van der Waals surface area contributed by atoms with E-state index in [1.54, 1.807) is 49.4 Å². The zero-order valence-corrected chi connectivity index (χ0v) is 13.8. The van der Waals surface area contributed by atoms with Crippen molar-refractivity contribution in [3.05, 3.63) is 65.7 Å². The van der Waals surface area contributed by atoms with Gasteiger partial charge in [0.2, 0.25) is 0 Å². The number of aryl methyl sites for hydroxylation is 1. The van der Waals surface area contributed by atoms with E-state index in [4.69, 9.17) is 9.47 Å². The number of esters is 2. The molecule has 0 atom stereocenters. The molecule has 0 saturated carbocycles. The third-order valence-electron chi connectivity index (χ3n) is 3.69. The van der Waals surface area contributed by atoms with Crippen molar-refractivity contribution in [2.45, 2.75) is 13.8 Å². The number of ether oxygens (including phenoxy) is 2. The van der Waals surface area contributed by atoms with Crippen LogP contribution in [0.15, 0.2) is 54.6 Å². The standard InChI is InChI=1S/C20H16O5/c1-12-9-17(7-8-19(12)22)25-20(23)16-4-3-15-11-18(24-13(2)21)6-5-14(15)10-16/h3-11,22H,1-2H3. The minimum absolute atomic E-state index is 0.147. The summed E-state index contributed by atoms with van der Waals surface area (Å²) in [6.45, 7) is 3.07. The molecule has 25 heavy (non-hydrogen) atoms. The van der Waals surface area contributed by atoms with Gasteiger partial charge in [-0.25, -0.2) is 4.79 Å². The van der Waals surface area contributed by atoms with Gasteiger partial charge in [-0.2, -0.15) is 0 Å². The molecule has 0 fully saturated rings. The molecule has 0 aliphatic carbocycles. The van der Waals surface area contributed by atoms with Crippen LogP contribution in [0, 0.1) is 6.92 Å². The maximum absolute atomic E-state index is 12.3. The highest BCUT2D eigenvalue weighted by Gasteiger charge is 2.11. The number of carbonyl (C=O) groups is 2. The highest BCUT2D eigenvalue weighted by Crippen LogP contribution is 2.25. The Kier molecular flexibility index (Phi) is 4.39. The maximum Gasteiger partial charge on any atom is 0.343 e. The van der Waals surface area contributed by atoms with E-state index in [1.165, 1.54) is 19.1 Å². The van der Waals surface area contributed by atoms with E-state index >= 15 is 0 Å². The Morgan fingerprint density at radius 1 is 0.840 bits per heavy atom. The van der Waals surface area contributed by atoms with Crippen LogP contribution in [-0.4, -0.2) is 17.0 Å². The predicted octanol–water partition coefficient (Wildman–Crippen LogP) is 4.00. The van der Waals surface area contributed by atoms with Crippen molar-refractivity contribution in [3.63, 3.8) is 0 Å². The number of rotatable bonds is 3. The van der Waals surface area contributed by atoms with Crippen LogP contribution in [0.3, 0.4) is 0 Å². The quantitative estimate of drug-likeness (QED) is 0.578. The topological polar surface area (TPSA) is 72.8 Å². The molecule has 3 rings (SSSR count). The van der Waals surface area contributed by atoms with Gasteiger partial charge in [0.15, 0.2) is 0 Å². The fourth-order valence-corrected chi connectivity index (χ4v) is 2.44. The molecule has 0 unspecified atom stereocenters. The van der Waals surface area contributed by atoms with Crippen molar-refractivity contribution in [2.75, 3.05) is 0 Å². The number of hydrogen-bond donors (Lipinski definition) is 1. The number of fused-ring (bicyclic) bond motifs is 1. The van der Waals surface area contributed by atoms with Gasteiger partial charge in [0.1, 0.15) is 17.2 Å². The van der Waals surface area contributed by atoms with Crippen molar-refractivity contribution in [1.29, 1.82) is 0 Å². The second kappa shape index (κ2) is 6.65. The Bertz CT molecular complexity index is 975. The predicted molar refractivity (Wildman–Crippen MR) is 93.1 cm³/mol. The van der Waals surface area contributed by atoms with Gasteiger partial charge in [-0.3, -0.25) is 4.79 Å². The van der Waals surface area contributed by atoms with Crippen LogP contribution in [0.25, 0.3) is 10.8 Å². The second-order valence-corrected chi connectivity index (χ2v) is 5.66. The molecule has 126 valence electrons. The minimum Gasteiger partial charge on any atom is -0.508 e. The van der Waals surface area contributed by atoms with Gasteiger partial charge in [-0.05, 0) is 65.7 Å². The molecule has 0 aromatic heterocycles. The summed E-state index contributed by atoms with van der Waals surface area (Å²) in [7, 11) is 0. The normalized spacial score (nSPS) is 10.5. The van der Waals surface area contributed by atoms with E-state index in [-0.39, 0.29) is 11.7 Å². The van der Waals surface area contributed by atoms with E-state index < -0.39 is 5.97 Å². The second-order valence-electron chi connectivity index (χ2n) is 5.66. The SMILES string of the molecule is CC(=O)Oc1ccc2cc(C(=O)Oc3ccc(O)c(C)c3)ccc2c1. The average molecular weight is 336 g/mol. The molecule has 1 N–H and O–H groups in total. The third kappa shape index (κ3) is 3.77. The van der Waals surface area contributed by atoms with Gasteiger partial charge in [0.05, 0.1) is 5.56 Å². The van der Waals surface area contributed by atoms with E-state index in [9.17, 15) is 14.7 Å². The monoisotopic (exact) mass is 336 g/mol. The first-order chi connectivity index (χ1) is 11.9. The Hall–Kier alpha value is -3.34. The van der Waals surface area contributed by atoms with Crippen LogP contribution in [-0.2, 0) is 4.79 Å². The van der Waals surface area contributed by atoms with Crippen molar-refractivity contribution >= 4 is 22.7 Å². The number of benzene rings is 3. The number of hydrogen-bond acceptors (Lipinski definition) is 5. The van der Waals surface area contributed by atoms with Gasteiger partial charge >= 0.3 is 11.9 Å². The molecular formula is C20H16O5. The highest BCUT2D eigenvalue weighted by atomic mass is 16.5. The lowest BCUT2D eigenvalue weighted by Crippen LogP contribution is -2.08. The molecule has 0 aliphatic rings. The number of carbonyl (C=O) groups excluding carboxylic acids is 2. The van der Waals surface area contributed by atoms with Crippen LogP contribution < -0.4 is 9.47 Å². The number of phenols is 1. The van der Waals surface area contributed by atoms with Crippen molar-refractivity contribution in [3.8, 4) is 17.2 Å². The van der Waals surface area contributed by atoms with E-state index in [0.717, 1.165) is 10.8 Å². The summed E-state index contributed by atoms with van der Waals surface area (Å²) < 4.78 is 10.4. The first kappa shape index (κ1) is 16.5. The number of phenolic OH excluding ortho intramolecular Hbond substituents is 1. The Balaban J connectivity index is 1.84. The molecule has 0 saturated heterocycles. The smallest absolute Gasteiger partial charge is 0.343 e. The van der Waals surface area contributed by atoms with Crippen LogP contribution in [0.5, 0.6) is 17.2 Å². The van der Waals surface area contributed by atoms with Gasteiger partial charge in [-0.15, -0.1) is 0 Å². The fourth-order valence-electron chi connectivity index (χ4n) is 2.44. The van der Waals surface area contributed by atoms with E-state index in [1.807, 2.05) is 0 Å². The fraction of sp³-hybridized carbons (Fsp3) is 0.100. The van der Waals surface area contributed by atoms with Gasteiger partial charge in [0.25, 0.3) is 0 Å². The summed E-state index contributed by atoms with van der Waals surface area (Å²) in [5.41, 5.74) is 1.03. The molecule has 0 amide bonds. The Morgan fingerprint density at radius 3 is 2.20 bits per heavy atom. The third-order valence-corrected chi connectivity index (χ3v) is 3.69. The maximum atomic E-state index is 12.3. The minimum atomic E-state index is -0.490. The Morgan fingerprint density at radius 2 is 1.48 bits per heavy atom. The van der Waals surface area contributed by atoms with E-state index in [0.29, 0.717) is 22.6 Å². The molecule has 0 aliphatic heterocycles. The van der Waals surface area contributed by atoms with Crippen molar-refractivity contribution in [2.24, 2.45) is 0 Å². The summed E-state index contributed by atoms with van der Waals surface area (Å²) in [4.78, 5) is 23.3. The molecule has 3 aromatic carbocycles. The molecule has 5 heteroatoms. The summed E-state index contributed by atoms with van der Waals surface area (Å²) in [5.74, 6) is 0.0920. The summed E-state index contributed by atoms with van der Waals surface area (Å²) in [5, 5.41) is 11.2. The van der Waals surface area contributed by atoms with Crippen LogP contribution >= 0.6 is 0 Å². The van der Waals surface area contributed by atoms with E-state index in [2.05, 4.69) is 0 Å². The molecule has 0 spiro atoms. The first-order valence-electron chi connectivity index (χ1n) is 7.66. The molecular weight excluding hydrogens is 320 g/mol. The molecule has 0 bridgehead atoms. The lowest BCUT2D eigenvalue weighted by molar-refractivity contribution is -0.131. The van der Waals surface area contributed by atoms with Gasteiger partial charge < -0.3 is 14.6 Å². The van der Waals surface area contributed by atoms with Gasteiger partial charge in [0, 0.05) is 6.92 Å². The van der Waals surface area contributed by atoms with Crippen LogP contribution in [0.4, 0.5) is 0 Å². The highest BCUT2D eigenvalue weighted by molar-refractivity contribution is 5.96.